The number of rotatable bonds is 5. The lowest BCUT2D eigenvalue weighted by atomic mass is 9.85. The SMILES string of the molecule is Bc1cc(OCCF)c(-n2nnn(C)c2=O)cc1C(C)C. The van der Waals surface area contributed by atoms with Gasteiger partial charge in [-0.25, -0.2) is 9.18 Å². The Labute approximate surface area is 122 Å². The molecule has 2 rings (SSSR count). The highest BCUT2D eigenvalue weighted by atomic mass is 19.1. The van der Waals surface area contributed by atoms with Crippen molar-refractivity contribution in [2.45, 2.75) is 19.8 Å². The van der Waals surface area contributed by atoms with Gasteiger partial charge in [-0.3, -0.25) is 0 Å². The van der Waals surface area contributed by atoms with Crippen LogP contribution in [0.3, 0.4) is 0 Å². The van der Waals surface area contributed by atoms with Crippen LogP contribution in [0.5, 0.6) is 5.75 Å². The van der Waals surface area contributed by atoms with Crippen LogP contribution in [0.15, 0.2) is 16.9 Å². The molecule has 0 N–H and O–H groups in total. The van der Waals surface area contributed by atoms with Crippen molar-refractivity contribution in [3.63, 3.8) is 0 Å². The predicted octanol–water partition coefficient (Wildman–Crippen LogP) is -0.304. The summed E-state index contributed by atoms with van der Waals surface area (Å²) in [6.45, 7) is 3.46. The van der Waals surface area contributed by atoms with Crippen LogP contribution in [-0.4, -0.2) is 40.9 Å². The Hall–Kier alpha value is -2.12. The molecule has 0 unspecified atom stereocenters. The number of halogens is 1. The van der Waals surface area contributed by atoms with Crippen molar-refractivity contribution < 1.29 is 9.13 Å². The Bertz CT molecular complexity index is 696. The first kappa shape index (κ1) is 15.3. The molecule has 0 aliphatic heterocycles. The van der Waals surface area contributed by atoms with Gasteiger partial charge in [0.1, 0.15) is 32.6 Å². The van der Waals surface area contributed by atoms with Gasteiger partial charge in [0.2, 0.25) is 0 Å². The number of tetrazole rings is 1. The molecule has 0 amide bonds. The number of nitrogens with zero attached hydrogens (tertiary/aromatic N) is 4. The van der Waals surface area contributed by atoms with E-state index in [0.717, 1.165) is 15.7 Å². The summed E-state index contributed by atoms with van der Waals surface area (Å²) < 4.78 is 20.1. The Balaban J connectivity index is 2.62. The van der Waals surface area contributed by atoms with Crippen LogP contribution in [0.4, 0.5) is 4.39 Å². The highest BCUT2D eigenvalue weighted by Gasteiger charge is 2.16. The predicted molar refractivity (Wildman–Crippen MR) is 80.3 cm³/mol. The summed E-state index contributed by atoms with van der Waals surface area (Å²) in [4.78, 5) is 12.0. The first-order valence-electron chi connectivity index (χ1n) is 6.78. The topological polar surface area (TPSA) is 61.9 Å². The van der Waals surface area contributed by atoms with Crippen molar-refractivity contribution >= 4 is 13.3 Å². The van der Waals surface area contributed by atoms with E-state index >= 15 is 0 Å². The Morgan fingerprint density at radius 3 is 2.62 bits per heavy atom. The maximum absolute atomic E-state index is 12.4. The van der Waals surface area contributed by atoms with Crippen molar-refractivity contribution in [1.29, 1.82) is 0 Å². The monoisotopic (exact) mass is 292 g/mol. The molecule has 0 atom stereocenters. The van der Waals surface area contributed by atoms with Crippen molar-refractivity contribution in [3.05, 3.63) is 28.2 Å². The van der Waals surface area contributed by atoms with Gasteiger partial charge in [-0.2, -0.15) is 9.36 Å². The zero-order chi connectivity index (χ0) is 15.6. The summed E-state index contributed by atoms with van der Waals surface area (Å²) in [6, 6.07) is 3.66. The van der Waals surface area contributed by atoms with Crippen molar-refractivity contribution in [3.8, 4) is 11.4 Å². The lowest BCUT2D eigenvalue weighted by Gasteiger charge is -2.16. The molecule has 0 saturated heterocycles. The third-order valence-corrected chi connectivity index (χ3v) is 3.25. The van der Waals surface area contributed by atoms with E-state index in [2.05, 4.69) is 24.3 Å². The summed E-state index contributed by atoms with van der Waals surface area (Å²) >= 11 is 0. The van der Waals surface area contributed by atoms with E-state index in [0.29, 0.717) is 11.4 Å². The van der Waals surface area contributed by atoms with Crippen LogP contribution < -0.4 is 15.9 Å². The minimum absolute atomic E-state index is 0.0670. The molecule has 0 fully saturated rings. The quantitative estimate of drug-likeness (QED) is 0.710. The molecule has 0 saturated carbocycles. The molecule has 1 aromatic heterocycles. The normalized spacial score (nSPS) is 11.1. The van der Waals surface area contributed by atoms with Gasteiger partial charge in [0.05, 0.1) is 0 Å². The molecule has 0 radical (unpaired) electrons. The zero-order valence-corrected chi connectivity index (χ0v) is 12.6. The average molecular weight is 292 g/mol. The van der Waals surface area contributed by atoms with E-state index in [1.54, 1.807) is 6.07 Å². The van der Waals surface area contributed by atoms with E-state index in [-0.39, 0.29) is 18.2 Å². The van der Waals surface area contributed by atoms with Gasteiger partial charge in [0.15, 0.2) is 0 Å². The van der Waals surface area contributed by atoms with Crippen LogP contribution >= 0.6 is 0 Å². The van der Waals surface area contributed by atoms with E-state index < -0.39 is 6.67 Å². The van der Waals surface area contributed by atoms with E-state index in [1.165, 1.54) is 11.7 Å². The number of hydrogen-bond donors (Lipinski definition) is 0. The first-order valence-corrected chi connectivity index (χ1v) is 6.78. The molecule has 6 nitrogen and oxygen atoms in total. The molecule has 0 aliphatic carbocycles. The summed E-state index contributed by atoms with van der Waals surface area (Å²) in [5.74, 6) is 0.712. The lowest BCUT2D eigenvalue weighted by Crippen LogP contribution is -2.24. The van der Waals surface area contributed by atoms with Gasteiger partial charge < -0.3 is 4.74 Å². The molecule has 112 valence electrons. The molecule has 1 aromatic carbocycles. The van der Waals surface area contributed by atoms with Crippen molar-refractivity contribution in [1.82, 2.24) is 19.8 Å². The smallest absolute Gasteiger partial charge is 0.368 e. The Morgan fingerprint density at radius 1 is 1.38 bits per heavy atom. The van der Waals surface area contributed by atoms with E-state index in [4.69, 9.17) is 4.74 Å². The van der Waals surface area contributed by atoms with Crippen molar-refractivity contribution in [2.75, 3.05) is 13.3 Å². The summed E-state index contributed by atoms with van der Waals surface area (Å²) in [5.41, 5.74) is 2.21. The van der Waals surface area contributed by atoms with Crippen LogP contribution in [0.25, 0.3) is 5.69 Å². The van der Waals surface area contributed by atoms with Crippen LogP contribution in [-0.2, 0) is 7.05 Å². The molecule has 8 heteroatoms. The fourth-order valence-corrected chi connectivity index (χ4v) is 2.20. The van der Waals surface area contributed by atoms with Gasteiger partial charge >= 0.3 is 5.69 Å². The zero-order valence-electron chi connectivity index (χ0n) is 12.6. The number of benzene rings is 1. The maximum atomic E-state index is 12.4. The molecule has 21 heavy (non-hydrogen) atoms. The maximum Gasteiger partial charge on any atom is 0.368 e. The summed E-state index contributed by atoms with van der Waals surface area (Å²) in [7, 11) is 3.48. The molecular weight excluding hydrogens is 274 g/mol. The second kappa shape index (κ2) is 6.11. The van der Waals surface area contributed by atoms with Crippen molar-refractivity contribution in [2.24, 2.45) is 7.05 Å². The van der Waals surface area contributed by atoms with E-state index in [9.17, 15) is 9.18 Å². The number of hydrogen-bond acceptors (Lipinski definition) is 4. The fraction of sp³-hybridized carbons (Fsp3) is 0.462. The van der Waals surface area contributed by atoms with Gasteiger partial charge in [0.25, 0.3) is 0 Å². The molecule has 1 heterocycles. The van der Waals surface area contributed by atoms with Crippen LogP contribution in [0, 0.1) is 0 Å². The van der Waals surface area contributed by atoms with Gasteiger partial charge in [0, 0.05) is 7.05 Å². The Kier molecular flexibility index (Phi) is 4.45. The lowest BCUT2D eigenvalue weighted by molar-refractivity contribution is 0.272. The molecule has 0 spiro atoms. The second-order valence-electron chi connectivity index (χ2n) is 5.17. The summed E-state index contributed by atoms with van der Waals surface area (Å²) in [6.07, 6.45) is 0. The molecule has 0 bridgehead atoms. The number of aromatic nitrogens is 4. The standard InChI is InChI=1S/C13H18BFN4O2/c1-8(2)9-6-11(19-13(20)18(3)16-17-19)12(7-10(9)14)21-5-4-15/h6-8H,4-5,14H2,1-3H3. The summed E-state index contributed by atoms with van der Waals surface area (Å²) in [5, 5.41) is 7.53. The van der Waals surface area contributed by atoms with Gasteiger partial charge in [-0.05, 0) is 34.0 Å². The van der Waals surface area contributed by atoms with E-state index in [1.807, 2.05) is 13.9 Å². The third-order valence-electron chi connectivity index (χ3n) is 3.25. The van der Waals surface area contributed by atoms with Crippen LogP contribution in [0.1, 0.15) is 25.3 Å². The van der Waals surface area contributed by atoms with Gasteiger partial charge in [-0.15, -0.1) is 0 Å². The minimum atomic E-state index is -0.597. The molecular formula is C13H18BFN4O2. The minimum Gasteiger partial charge on any atom is -0.489 e. The number of alkyl halides is 1. The number of ether oxygens (including phenoxy) is 1. The van der Waals surface area contributed by atoms with Gasteiger partial charge in [-0.1, -0.05) is 19.3 Å². The number of aryl methyl sites for hydroxylation is 1. The molecule has 0 aliphatic rings. The highest BCUT2D eigenvalue weighted by molar-refractivity contribution is 6.33. The highest BCUT2D eigenvalue weighted by Crippen LogP contribution is 2.24. The third kappa shape index (κ3) is 2.98. The Morgan fingerprint density at radius 2 is 2.10 bits per heavy atom. The van der Waals surface area contributed by atoms with Crippen LogP contribution in [0.2, 0.25) is 0 Å². The first-order chi connectivity index (χ1) is 9.95. The average Bonchev–Trinajstić information content (AvgIpc) is 2.76. The fourth-order valence-electron chi connectivity index (χ4n) is 2.20. The largest absolute Gasteiger partial charge is 0.489 e. The molecule has 2 aromatic rings. The second-order valence-corrected chi connectivity index (χ2v) is 5.17.